The molecule has 0 aliphatic rings. The second-order valence-corrected chi connectivity index (χ2v) is 3.21. The number of carboxylic acids is 1. The molecule has 0 aromatic carbocycles. The van der Waals surface area contributed by atoms with Crippen LogP contribution in [0.4, 0.5) is 0 Å². The molecule has 0 bridgehead atoms. The largest absolute Gasteiger partial charge is 0.481 e. The summed E-state index contributed by atoms with van der Waals surface area (Å²) in [6.45, 7) is -0.181. The number of hydrogen-bond donors (Lipinski definition) is 3. The normalized spacial score (nSPS) is 11.7. The number of likely N-dealkylation sites (N-methyl/N-ethyl adjacent to an activating group) is 1. The third-order valence-electron chi connectivity index (χ3n) is 1.64. The summed E-state index contributed by atoms with van der Waals surface area (Å²) in [5.41, 5.74) is 5.26. The maximum atomic E-state index is 11.1. The zero-order valence-corrected chi connectivity index (χ0v) is 8.69. The van der Waals surface area contributed by atoms with Crippen molar-refractivity contribution >= 4 is 17.8 Å². The quantitative estimate of drug-likeness (QED) is 0.492. The van der Waals surface area contributed by atoms with Crippen molar-refractivity contribution in [3.8, 4) is 0 Å². The van der Waals surface area contributed by atoms with Crippen LogP contribution in [0.5, 0.6) is 0 Å². The molecule has 86 valence electrons. The van der Waals surface area contributed by atoms with Crippen molar-refractivity contribution in [3.63, 3.8) is 0 Å². The predicted octanol–water partition coefficient (Wildman–Crippen LogP) is -2.01. The molecule has 0 rings (SSSR count). The lowest BCUT2D eigenvalue weighted by Crippen LogP contribution is -2.45. The molecule has 0 saturated heterocycles. The summed E-state index contributed by atoms with van der Waals surface area (Å²) >= 11 is 0. The van der Waals surface area contributed by atoms with E-state index in [0.717, 1.165) is 0 Å². The lowest BCUT2D eigenvalue weighted by molar-refractivity contribution is -0.139. The van der Waals surface area contributed by atoms with E-state index in [1.807, 2.05) is 0 Å². The third kappa shape index (κ3) is 5.63. The molecule has 0 aromatic rings. The number of carbonyl (C=O) groups excluding carboxylic acids is 2. The van der Waals surface area contributed by atoms with Crippen LogP contribution in [-0.4, -0.2) is 54.5 Å². The number of amides is 2. The minimum Gasteiger partial charge on any atom is -0.481 e. The first-order valence-corrected chi connectivity index (χ1v) is 4.29. The van der Waals surface area contributed by atoms with Crippen LogP contribution in [-0.2, 0) is 14.4 Å². The fourth-order valence-electron chi connectivity index (χ4n) is 0.733. The van der Waals surface area contributed by atoms with Gasteiger partial charge in [-0.05, 0) is 0 Å². The van der Waals surface area contributed by atoms with Crippen molar-refractivity contribution in [2.24, 2.45) is 5.73 Å². The van der Waals surface area contributed by atoms with Crippen LogP contribution in [0.15, 0.2) is 0 Å². The second-order valence-electron chi connectivity index (χ2n) is 3.21. The molecule has 0 heterocycles. The topological polar surface area (TPSA) is 113 Å². The van der Waals surface area contributed by atoms with E-state index in [1.165, 1.54) is 4.90 Å². The fourth-order valence-corrected chi connectivity index (χ4v) is 0.733. The van der Waals surface area contributed by atoms with Crippen molar-refractivity contribution in [1.82, 2.24) is 10.2 Å². The molecule has 7 nitrogen and oxygen atoms in total. The van der Waals surface area contributed by atoms with Gasteiger partial charge in [0.05, 0.1) is 19.0 Å². The Labute approximate surface area is 87.2 Å². The van der Waals surface area contributed by atoms with Crippen LogP contribution >= 0.6 is 0 Å². The molecule has 15 heavy (non-hydrogen) atoms. The van der Waals surface area contributed by atoms with Gasteiger partial charge in [-0.2, -0.15) is 0 Å². The van der Waals surface area contributed by atoms with E-state index < -0.39 is 24.3 Å². The Bertz CT molecular complexity index is 265. The van der Waals surface area contributed by atoms with Crippen molar-refractivity contribution in [2.75, 3.05) is 20.6 Å². The Balaban J connectivity index is 3.93. The van der Waals surface area contributed by atoms with Crippen LogP contribution in [0, 0.1) is 0 Å². The van der Waals surface area contributed by atoms with Crippen molar-refractivity contribution in [3.05, 3.63) is 0 Å². The highest BCUT2D eigenvalue weighted by Crippen LogP contribution is 1.88. The van der Waals surface area contributed by atoms with E-state index in [1.54, 1.807) is 14.1 Å². The SMILES string of the molecule is CN(C)C(=O)CNC(=O)C(N)CC(=O)O. The highest BCUT2D eigenvalue weighted by molar-refractivity contribution is 5.89. The second kappa shape index (κ2) is 5.97. The van der Waals surface area contributed by atoms with Gasteiger partial charge in [-0.15, -0.1) is 0 Å². The van der Waals surface area contributed by atoms with E-state index in [9.17, 15) is 14.4 Å². The lowest BCUT2D eigenvalue weighted by atomic mass is 10.2. The molecule has 1 atom stereocenters. The fraction of sp³-hybridized carbons (Fsp3) is 0.625. The maximum absolute atomic E-state index is 11.1. The van der Waals surface area contributed by atoms with E-state index in [-0.39, 0.29) is 12.5 Å². The maximum Gasteiger partial charge on any atom is 0.305 e. The first kappa shape index (κ1) is 13.4. The molecule has 4 N–H and O–H groups in total. The van der Waals surface area contributed by atoms with Gasteiger partial charge in [0.2, 0.25) is 11.8 Å². The van der Waals surface area contributed by atoms with E-state index in [2.05, 4.69) is 5.32 Å². The van der Waals surface area contributed by atoms with Crippen LogP contribution in [0.1, 0.15) is 6.42 Å². The van der Waals surface area contributed by atoms with Crippen molar-refractivity contribution in [1.29, 1.82) is 0 Å². The minimum absolute atomic E-state index is 0.181. The number of rotatable bonds is 5. The number of carbonyl (C=O) groups is 3. The molecule has 0 saturated carbocycles. The Hall–Kier alpha value is -1.63. The van der Waals surface area contributed by atoms with E-state index in [0.29, 0.717) is 0 Å². The average Bonchev–Trinajstić information content (AvgIpc) is 2.12. The van der Waals surface area contributed by atoms with Crippen LogP contribution in [0.2, 0.25) is 0 Å². The lowest BCUT2D eigenvalue weighted by Gasteiger charge is -2.13. The van der Waals surface area contributed by atoms with Gasteiger partial charge in [-0.3, -0.25) is 14.4 Å². The van der Waals surface area contributed by atoms with Gasteiger partial charge in [0, 0.05) is 14.1 Å². The molecule has 0 spiro atoms. The standard InChI is InChI=1S/C8H15N3O4/c1-11(2)6(12)4-10-8(15)5(9)3-7(13)14/h5H,3-4,9H2,1-2H3,(H,10,15)(H,13,14). The van der Waals surface area contributed by atoms with Gasteiger partial charge in [-0.1, -0.05) is 0 Å². The molecule has 1 unspecified atom stereocenters. The first-order valence-electron chi connectivity index (χ1n) is 4.29. The molecule has 2 amide bonds. The molecule has 0 radical (unpaired) electrons. The summed E-state index contributed by atoms with van der Waals surface area (Å²) in [4.78, 5) is 33.7. The molecule has 0 fully saturated rings. The van der Waals surface area contributed by atoms with E-state index in [4.69, 9.17) is 10.8 Å². The zero-order chi connectivity index (χ0) is 12.0. The minimum atomic E-state index is -1.16. The monoisotopic (exact) mass is 217 g/mol. The van der Waals surface area contributed by atoms with Gasteiger partial charge in [0.1, 0.15) is 0 Å². The molecule has 0 aliphatic heterocycles. The highest BCUT2D eigenvalue weighted by Gasteiger charge is 2.17. The van der Waals surface area contributed by atoms with Gasteiger partial charge >= 0.3 is 5.97 Å². The third-order valence-corrected chi connectivity index (χ3v) is 1.64. The summed E-state index contributed by atoms with van der Waals surface area (Å²) in [6, 6.07) is -1.13. The zero-order valence-electron chi connectivity index (χ0n) is 8.69. The molecule has 7 heteroatoms. The summed E-state index contributed by atoms with van der Waals surface area (Å²) < 4.78 is 0. The van der Waals surface area contributed by atoms with Gasteiger partial charge in [0.25, 0.3) is 0 Å². The number of nitrogens with zero attached hydrogens (tertiary/aromatic N) is 1. The number of aliphatic carboxylic acids is 1. The predicted molar refractivity (Wildman–Crippen MR) is 51.9 cm³/mol. The van der Waals surface area contributed by atoms with Crippen LogP contribution < -0.4 is 11.1 Å². The molecular weight excluding hydrogens is 202 g/mol. The molecule has 0 aliphatic carbocycles. The number of carboxylic acid groups (broad SMARTS) is 1. The number of nitrogens with one attached hydrogen (secondary N) is 1. The van der Waals surface area contributed by atoms with E-state index >= 15 is 0 Å². The Morgan fingerprint density at radius 3 is 2.33 bits per heavy atom. The van der Waals surface area contributed by atoms with Crippen molar-refractivity contribution in [2.45, 2.75) is 12.5 Å². The molecule has 0 aromatic heterocycles. The number of nitrogens with two attached hydrogens (primary N) is 1. The van der Waals surface area contributed by atoms with Gasteiger partial charge < -0.3 is 21.1 Å². The van der Waals surface area contributed by atoms with Gasteiger partial charge in [0.15, 0.2) is 0 Å². The Morgan fingerprint density at radius 1 is 1.40 bits per heavy atom. The highest BCUT2D eigenvalue weighted by atomic mass is 16.4. The average molecular weight is 217 g/mol. The summed E-state index contributed by atoms with van der Waals surface area (Å²) in [7, 11) is 3.09. The Kier molecular flexibility index (Phi) is 5.32. The first-order chi connectivity index (χ1) is 6.84. The summed E-state index contributed by atoms with van der Waals surface area (Å²) in [6.07, 6.45) is -0.456. The summed E-state index contributed by atoms with van der Waals surface area (Å²) in [5.74, 6) is -2.09. The van der Waals surface area contributed by atoms with Crippen molar-refractivity contribution < 1.29 is 19.5 Å². The molecular formula is C8H15N3O4. The number of hydrogen-bond acceptors (Lipinski definition) is 4. The Morgan fingerprint density at radius 2 is 1.93 bits per heavy atom. The van der Waals surface area contributed by atoms with Crippen LogP contribution in [0.25, 0.3) is 0 Å². The van der Waals surface area contributed by atoms with Crippen LogP contribution in [0.3, 0.4) is 0 Å². The van der Waals surface area contributed by atoms with Gasteiger partial charge in [-0.25, -0.2) is 0 Å². The summed E-state index contributed by atoms with van der Waals surface area (Å²) in [5, 5.41) is 10.6. The smallest absolute Gasteiger partial charge is 0.305 e.